The van der Waals surface area contributed by atoms with Crippen molar-refractivity contribution < 1.29 is 4.39 Å². The third-order valence-corrected chi connectivity index (χ3v) is 5.54. The zero-order chi connectivity index (χ0) is 20.0. The number of halogens is 1. The lowest BCUT2D eigenvalue weighted by Crippen LogP contribution is -2.03. The van der Waals surface area contributed by atoms with Crippen molar-refractivity contribution in [1.82, 2.24) is 9.55 Å². The number of hydrogen-bond acceptors (Lipinski definition) is 2. The molecule has 5 rings (SSSR count). The Hall–Kier alpha value is -3.66. The lowest BCUT2D eigenvalue weighted by Gasteiger charge is -2.10. The molecule has 5 aromatic rings. The molecule has 0 aliphatic heterocycles. The van der Waals surface area contributed by atoms with Gasteiger partial charge in [-0.2, -0.15) is 0 Å². The summed E-state index contributed by atoms with van der Waals surface area (Å²) in [6.45, 7) is 2.70. The first-order valence-electron chi connectivity index (χ1n) is 9.59. The quantitative estimate of drug-likeness (QED) is 0.421. The number of rotatable bonds is 3. The van der Waals surface area contributed by atoms with Crippen LogP contribution in [0.5, 0.6) is 0 Å². The van der Waals surface area contributed by atoms with Crippen molar-refractivity contribution >= 4 is 27.5 Å². The lowest BCUT2D eigenvalue weighted by atomic mass is 9.97. The highest BCUT2D eigenvalue weighted by Gasteiger charge is 2.20. The Kier molecular flexibility index (Phi) is 4.06. The molecule has 0 aliphatic carbocycles. The average Bonchev–Trinajstić information content (AvgIpc) is 3.00. The molecular weight excluding hydrogens is 361 g/mol. The SMILES string of the molecule is Cc1c(-c2ccccc2F)c2c3ccccc3ccc2n1Cc1ccnc(N)c1. The molecule has 0 saturated heterocycles. The van der Waals surface area contributed by atoms with Gasteiger partial charge in [0.2, 0.25) is 0 Å². The topological polar surface area (TPSA) is 43.8 Å². The maximum atomic E-state index is 14.8. The van der Waals surface area contributed by atoms with Crippen molar-refractivity contribution in [2.24, 2.45) is 0 Å². The highest BCUT2D eigenvalue weighted by atomic mass is 19.1. The van der Waals surface area contributed by atoms with Crippen LogP contribution in [-0.4, -0.2) is 9.55 Å². The van der Waals surface area contributed by atoms with E-state index in [1.54, 1.807) is 12.3 Å². The molecule has 0 aliphatic rings. The number of nitrogens with zero attached hydrogens (tertiary/aromatic N) is 2. The van der Waals surface area contributed by atoms with Crippen LogP contribution < -0.4 is 5.73 Å². The minimum absolute atomic E-state index is 0.212. The predicted molar refractivity (Wildman–Crippen MR) is 117 cm³/mol. The number of anilines is 1. The van der Waals surface area contributed by atoms with Crippen LogP contribution in [0.25, 0.3) is 32.8 Å². The molecule has 0 saturated carbocycles. The van der Waals surface area contributed by atoms with E-state index in [2.05, 4.69) is 40.7 Å². The van der Waals surface area contributed by atoms with Crippen LogP contribution in [0.4, 0.5) is 10.2 Å². The molecule has 0 atom stereocenters. The van der Waals surface area contributed by atoms with E-state index in [4.69, 9.17) is 5.73 Å². The summed E-state index contributed by atoms with van der Waals surface area (Å²) in [5.41, 5.74) is 10.6. The monoisotopic (exact) mass is 381 g/mol. The third kappa shape index (κ3) is 2.85. The minimum Gasteiger partial charge on any atom is -0.384 e. The zero-order valence-corrected chi connectivity index (χ0v) is 16.1. The number of hydrogen-bond donors (Lipinski definition) is 1. The van der Waals surface area contributed by atoms with Gasteiger partial charge in [-0.3, -0.25) is 0 Å². The fourth-order valence-corrected chi connectivity index (χ4v) is 4.22. The maximum absolute atomic E-state index is 14.8. The van der Waals surface area contributed by atoms with Crippen LogP contribution in [0.3, 0.4) is 0 Å². The molecular formula is C25H20FN3. The van der Waals surface area contributed by atoms with Crippen LogP contribution in [0.1, 0.15) is 11.3 Å². The van der Waals surface area contributed by atoms with E-state index in [1.807, 2.05) is 36.4 Å². The summed E-state index contributed by atoms with van der Waals surface area (Å²) in [7, 11) is 0. The fraction of sp³-hybridized carbons (Fsp3) is 0.0800. The van der Waals surface area contributed by atoms with Gasteiger partial charge < -0.3 is 10.3 Å². The van der Waals surface area contributed by atoms with Gasteiger partial charge in [0.25, 0.3) is 0 Å². The van der Waals surface area contributed by atoms with Crippen LogP contribution in [0.15, 0.2) is 79.0 Å². The number of benzene rings is 3. The molecule has 3 nitrogen and oxygen atoms in total. The summed E-state index contributed by atoms with van der Waals surface area (Å²) in [5, 5.41) is 3.34. The highest BCUT2D eigenvalue weighted by Crippen LogP contribution is 2.40. The van der Waals surface area contributed by atoms with Gasteiger partial charge in [0, 0.05) is 40.5 Å². The molecule has 3 aromatic carbocycles. The first-order valence-corrected chi connectivity index (χ1v) is 9.59. The van der Waals surface area contributed by atoms with Gasteiger partial charge in [-0.15, -0.1) is 0 Å². The zero-order valence-electron chi connectivity index (χ0n) is 16.1. The van der Waals surface area contributed by atoms with Gasteiger partial charge in [0.1, 0.15) is 11.6 Å². The summed E-state index contributed by atoms with van der Waals surface area (Å²) in [6, 6.07) is 23.3. The van der Waals surface area contributed by atoms with E-state index >= 15 is 0 Å². The summed E-state index contributed by atoms with van der Waals surface area (Å²) >= 11 is 0. The van der Waals surface area contributed by atoms with Gasteiger partial charge in [0.05, 0.1) is 0 Å². The third-order valence-electron chi connectivity index (χ3n) is 5.54. The normalized spacial score (nSPS) is 11.4. The van der Waals surface area contributed by atoms with E-state index in [9.17, 15) is 4.39 Å². The van der Waals surface area contributed by atoms with Gasteiger partial charge >= 0.3 is 0 Å². The standard InChI is InChI=1S/C25H20FN3/c1-16-24(20-8-4-5-9-21(20)26)25-19-7-3-2-6-18(19)10-11-22(25)29(16)15-17-12-13-28-23(27)14-17/h2-14H,15H2,1H3,(H2,27,28). The second kappa shape index (κ2) is 6.74. The predicted octanol–water partition coefficient (Wildman–Crippen LogP) is 5.93. The molecule has 0 radical (unpaired) electrons. The van der Waals surface area contributed by atoms with Gasteiger partial charge in [-0.1, -0.05) is 48.5 Å². The lowest BCUT2D eigenvalue weighted by molar-refractivity contribution is 0.631. The Morgan fingerprint density at radius 2 is 1.76 bits per heavy atom. The molecule has 4 heteroatoms. The molecule has 2 N–H and O–H groups in total. The van der Waals surface area contributed by atoms with Crippen LogP contribution in [0, 0.1) is 12.7 Å². The fourth-order valence-electron chi connectivity index (χ4n) is 4.22. The number of pyridine rings is 1. The smallest absolute Gasteiger partial charge is 0.131 e. The second-order valence-corrected chi connectivity index (χ2v) is 7.30. The number of fused-ring (bicyclic) bond motifs is 3. The highest BCUT2D eigenvalue weighted by molar-refractivity contribution is 6.14. The molecule has 2 aromatic heterocycles. The van der Waals surface area contributed by atoms with Crippen LogP contribution in [-0.2, 0) is 6.54 Å². The minimum atomic E-state index is -0.212. The number of nitrogens with two attached hydrogens (primary N) is 1. The Morgan fingerprint density at radius 1 is 0.966 bits per heavy atom. The molecule has 0 amide bonds. The van der Waals surface area contributed by atoms with Gasteiger partial charge in [0.15, 0.2) is 0 Å². The summed E-state index contributed by atoms with van der Waals surface area (Å²) in [4.78, 5) is 4.09. The molecule has 0 spiro atoms. The van der Waals surface area contributed by atoms with Gasteiger partial charge in [-0.05, 0) is 47.5 Å². The first-order chi connectivity index (χ1) is 14.1. The molecule has 29 heavy (non-hydrogen) atoms. The van der Waals surface area contributed by atoms with Crippen molar-refractivity contribution in [2.45, 2.75) is 13.5 Å². The van der Waals surface area contributed by atoms with Gasteiger partial charge in [-0.25, -0.2) is 9.37 Å². The first kappa shape index (κ1) is 17.4. The molecule has 0 bridgehead atoms. The Labute approximate surface area is 168 Å². The molecule has 0 fully saturated rings. The summed E-state index contributed by atoms with van der Waals surface area (Å²) in [5.74, 6) is 0.284. The van der Waals surface area contributed by atoms with E-state index in [0.717, 1.165) is 38.5 Å². The maximum Gasteiger partial charge on any atom is 0.131 e. The van der Waals surface area contributed by atoms with Crippen molar-refractivity contribution in [3.63, 3.8) is 0 Å². The average molecular weight is 381 g/mol. The van der Waals surface area contributed by atoms with Crippen LogP contribution >= 0.6 is 0 Å². The summed E-state index contributed by atoms with van der Waals surface area (Å²) in [6.07, 6.45) is 1.72. The number of aromatic nitrogens is 2. The Balaban J connectivity index is 1.86. The van der Waals surface area contributed by atoms with Crippen molar-refractivity contribution in [1.29, 1.82) is 0 Å². The molecule has 2 heterocycles. The Morgan fingerprint density at radius 3 is 2.59 bits per heavy atom. The van der Waals surface area contributed by atoms with E-state index < -0.39 is 0 Å². The second-order valence-electron chi connectivity index (χ2n) is 7.30. The largest absolute Gasteiger partial charge is 0.384 e. The van der Waals surface area contributed by atoms with E-state index in [-0.39, 0.29) is 5.82 Å². The Bertz CT molecular complexity index is 1370. The van der Waals surface area contributed by atoms with Crippen molar-refractivity contribution in [3.8, 4) is 11.1 Å². The summed E-state index contributed by atoms with van der Waals surface area (Å²) < 4.78 is 17.1. The van der Waals surface area contributed by atoms with Crippen molar-refractivity contribution in [2.75, 3.05) is 5.73 Å². The molecule has 142 valence electrons. The van der Waals surface area contributed by atoms with Crippen molar-refractivity contribution in [3.05, 3.63) is 96.1 Å². The van der Waals surface area contributed by atoms with Crippen LogP contribution in [0.2, 0.25) is 0 Å². The van der Waals surface area contributed by atoms with E-state index in [0.29, 0.717) is 17.9 Å². The number of nitrogen functional groups attached to an aromatic ring is 1. The van der Waals surface area contributed by atoms with E-state index in [1.165, 1.54) is 6.07 Å². The molecule has 0 unspecified atom stereocenters.